The molecule has 0 unspecified atom stereocenters. The summed E-state index contributed by atoms with van der Waals surface area (Å²) in [5, 5.41) is 3.02. The Morgan fingerprint density at radius 2 is 1.72 bits per heavy atom. The van der Waals surface area contributed by atoms with Gasteiger partial charge in [-0.05, 0) is 35.2 Å². The number of H-pyrrole nitrogens is 1. The number of rotatable bonds is 3. The summed E-state index contributed by atoms with van der Waals surface area (Å²) in [4.78, 5) is 24.9. The van der Waals surface area contributed by atoms with Gasteiger partial charge in [0.15, 0.2) is 0 Å². The molecule has 1 saturated heterocycles. The van der Waals surface area contributed by atoms with Crippen LogP contribution >= 0.6 is 0 Å². The van der Waals surface area contributed by atoms with Crippen LogP contribution in [0.15, 0.2) is 48.5 Å². The van der Waals surface area contributed by atoms with E-state index in [1.54, 1.807) is 0 Å². The van der Waals surface area contributed by atoms with Crippen molar-refractivity contribution in [1.29, 1.82) is 0 Å². The van der Waals surface area contributed by atoms with Crippen LogP contribution in [-0.4, -0.2) is 52.0 Å². The molecule has 0 aliphatic carbocycles. The van der Waals surface area contributed by atoms with E-state index in [2.05, 4.69) is 53.1 Å². The lowest BCUT2D eigenvalue weighted by Crippen LogP contribution is -2.49. The van der Waals surface area contributed by atoms with Crippen molar-refractivity contribution in [1.82, 2.24) is 19.8 Å². The summed E-state index contributed by atoms with van der Waals surface area (Å²) in [7, 11) is 0. The number of nitrogens with one attached hydrogen (secondary N) is 2. The largest absolute Gasteiger partial charge is 0.341 e. The van der Waals surface area contributed by atoms with E-state index in [-0.39, 0.29) is 11.4 Å². The van der Waals surface area contributed by atoms with Crippen molar-refractivity contribution >= 4 is 22.8 Å². The van der Waals surface area contributed by atoms with Gasteiger partial charge in [-0.3, -0.25) is 4.90 Å². The van der Waals surface area contributed by atoms with Crippen LogP contribution in [0.5, 0.6) is 0 Å². The van der Waals surface area contributed by atoms with Crippen LogP contribution < -0.4 is 5.32 Å². The highest BCUT2D eigenvalue weighted by atomic mass is 16.2. The first kappa shape index (κ1) is 19.5. The normalized spacial score (nSPS) is 15.6. The number of aromatic amines is 1. The van der Waals surface area contributed by atoms with Crippen LogP contribution in [-0.2, 0) is 12.0 Å². The van der Waals surface area contributed by atoms with Gasteiger partial charge in [0.2, 0.25) is 0 Å². The molecule has 3 aromatic rings. The molecule has 2 N–H and O–H groups in total. The van der Waals surface area contributed by atoms with E-state index in [0.29, 0.717) is 13.1 Å². The molecule has 29 heavy (non-hydrogen) atoms. The van der Waals surface area contributed by atoms with Gasteiger partial charge in [0.25, 0.3) is 0 Å². The molecule has 0 bridgehead atoms. The first-order valence-corrected chi connectivity index (χ1v) is 10.2. The fraction of sp³-hybridized carbons (Fsp3) is 0.391. The van der Waals surface area contributed by atoms with Gasteiger partial charge in [0.1, 0.15) is 5.82 Å². The van der Waals surface area contributed by atoms with Crippen LogP contribution in [0, 0.1) is 0 Å². The summed E-state index contributed by atoms with van der Waals surface area (Å²) < 4.78 is 0. The van der Waals surface area contributed by atoms with Gasteiger partial charge in [-0.1, -0.05) is 45.0 Å². The highest BCUT2D eigenvalue weighted by Crippen LogP contribution is 2.23. The highest BCUT2D eigenvalue weighted by Gasteiger charge is 2.22. The Morgan fingerprint density at radius 1 is 1.03 bits per heavy atom. The monoisotopic (exact) mass is 391 g/mol. The second kappa shape index (κ2) is 7.87. The zero-order valence-corrected chi connectivity index (χ0v) is 17.4. The lowest BCUT2D eigenvalue weighted by atomic mass is 9.87. The number of benzene rings is 2. The second-order valence-electron chi connectivity index (χ2n) is 8.72. The number of imidazole rings is 1. The van der Waals surface area contributed by atoms with Gasteiger partial charge in [0, 0.05) is 31.9 Å². The quantitative estimate of drug-likeness (QED) is 0.703. The van der Waals surface area contributed by atoms with Crippen LogP contribution in [0.4, 0.5) is 10.5 Å². The SMILES string of the molecule is CC(C)(C)c1ccc(NC(=O)N2CCN(Cc3nc4ccccc4[nH]3)CC2)cc1. The van der Waals surface area contributed by atoms with E-state index in [1.807, 2.05) is 41.3 Å². The Bertz CT molecular complexity index is 945. The molecule has 2 aromatic carbocycles. The molecule has 6 nitrogen and oxygen atoms in total. The van der Waals surface area contributed by atoms with Crippen molar-refractivity contribution in [3.8, 4) is 0 Å². The molecular weight excluding hydrogens is 362 g/mol. The molecule has 152 valence electrons. The Kier molecular flexibility index (Phi) is 5.28. The topological polar surface area (TPSA) is 64.3 Å². The van der Waals surface area contributed by atoms with Crippen LogP contribution in [0.25, 0.3) is 11.0 Å². The maximum Gasteiger partial charge on any atom is 0.321 e. The molecule has 2 amide bonds. The third-order valence-corrected chi connectivity index (χ3v) is 5.47. The number of hydrogen-bond donors (Lipinski definition) is 2. The molecule has 0 radical (unpaired) electrons. The number of amides is 2. The summed E-state index contributed by atoms with van der Waals surface area (Å²) in [5.74, 6) is 0.975. The number of piperazine rings is 1. The molecule has 0 atom stereocenters. The Labute approximate surface area is 171 Å². The third-order valence-electron chi connectivity index (χ3n) is 5.47. The fourth-order valence-electron chi connectivity index (χ4n) is 3.66. The van der Waals surface area contributed by atoms with Gasteiger partial charge < -0.3 is 15.2 Å². The van der Waals surface area contributed by atoms with Gasteiger partial charge in [-0.15, -0.1) is 0 Å². The molecule has 4 rings (SSSR count). The number of nitrogens with zero attached hydrogens (tertiary/aromatic N) is 3. The van der Waals surface area contributed by atoms with Gasteiger partial charge >= 0.3 is 6.03 Å². The van der Waals surface area contributed by atoms with Crippen molar-refractivity contribution in [2.24, 2.45) is 0 Å². The summed E-state index contributed by atoms with van der Waals surface area (Å²) in [6.07, 6.45) is 0. The standard InChI is InChI=1S/C23H29N5O/c1-23(2,3)17-8-10-18(11-9-17)24-22(29)28-14-12-27(13-15-28)16-21-25-19-6-4-5-7-20(19)26-21/h4-11H,12-16H2,1-3H3,(H,24,29)(H,25,26). The summed E-state index contributed by atoms with van der Waals surface area (Å²) in [6, 6.07) is 16.2. The maximum absolute atomic E-state index is 12.6. The second-order valence-corrected chi connectivity index (χ2v) is 8.72. The first-order valence-electron chi connectivity index (χ1n) is 10.2. The summed E-state index contributed by atoms with van der Waals surface area (Å²) in [5.41, 5.74) is 4.28. The number of para-hydroxylation sites is 2. The third kappa shape index (κ3) is 4.59. The van der Waals surface area contributed by atoms with Crippen LogP contribution in [0.3, 0.4) is 0 Å². The van der Waals surface area contributed by atoms with E-state index < -0.39 is 0 Å². The first-order chi connectivity index (χ1) is 13.9. The van der Waals surface area contributed by atoms with E-state index in [1.165, 1.54) is 5.56 Å². The molecule has 6 heteroatoms. The fourth-order valence-corrected chi connectivity index (χ4v) is 3.66. The molecular formula is C23H29N5O. The number of fused-ring (bicyclic) bond motifs is 1. The highest BCUT2D eigenvalue weighted by molar-refractivity contribution is 5.89. The molecule has 1 aliphatic heterocycles. The molecule has 0 spiro atoms. The Hall–Kier alpha value is -2.86. The average molecular weight is 392 g/mol. The molecule has 2 heterocycles. The number of hydrogen-bond acceptors (Lipinski definition) is 3. The van der Waals surface area contributed by atoms with Crippen molar-refractivity contribution in [3.05, 3.63) is 59.9 Å². The van der Waals surface area contributed by atoms with Crippen molar-refractivity contribution in [3.63, 3.8) is 0 Å². The number of anilines is 1. The van der Waals surface area contributed by atoms with Gasteiger partial charge in [0.05, 0.1) is 17.6 Å². The van der Waals surface area contributed by atoms with Crippen molar-refractivity contribution in [2.45, 2.75) is 32.7 Å². The number of urea groups is 1. The number of carbonyl (C=O) groups excluding carboxylic acids is 1. The minimum absolute atomic E-state index is 0.0307. The predicted octanol–water partition coefficient (Wildman–Crippen LogP) is 4.21. The maximum atomic E-state index is 12.6. The van der Waals surface area contributed by atoms with E-state index in [0.717, 1.165) is 42.2 Å². The van der Waals surface area contributed by atoms with Gasteiger partial charge in [-0.2, -0.15) is 0 Å². The smallest absolute Gasteiger partial charge is 0.321 e. The summed E-state index contributed by atoms with van der Waals surface area (Å²) in [6.45, 7) is 10.4. The van der Waals surface area contributed by atoms with E-state index >= 15 is 0 Å². The minimum Gasteiger partial charge on any atom is -0.341 e. The zero-order chi connectivity index (χ0) is 20.4. The van der Waals surface area contributed by atoms with E-state index in [9.17, 15) is 4.79 Å². The predicted molar refractivity (Wildman–Crippen MR) is 117 cm³/mol. The van der Waals surface area contributed by atoms with Gasteiger partial charge in [-0.25, -0.2) is 9.78 Å². The lowest BCUT2D eigenvalue weighted by molar-refractivity contribution is 0.141. The lowest BCUT2D eigenvalue weighted by Gasteiger charge is -2.34. The Morgan fingerprint density at radius 3 is 2.38 bits per heavy atom. The van der Waals surface area contributed by atoms with Crippen molar-refractivity contribution < 1.29 is 4.79 Å². The summed E-state index contributed by atoms with van der Waals surface area (Å²) >= 11 is 0. The number of carbonyl (C=O) groups is 1. The molecule has 1 aliphatic rings. The number of aromatic nitrogens is 2. The zero-order valence-electron chi connectivity index (χ0n) is 17.4. The Balaban J connectivity index is 1.29. The molecule has 0 saturated carbocycles. The minimum atomic E-state index is -0.0307. The van der Waals surface area contributed by atoms with Crippen LogP contribution in [0.2, 0.25) is 0 Å². The molecule has 1 aromatic heterocycles. The molecule has 1 fully saturated rings. The van der Waals surface area contributed by atoms with Crippen LogP contribution in [0.1, 0.15) is 32.2 Å². The average Bonchev–Trinajstić information content (AvgIpc) is 3.10. The van der Waals surface area contributed by atoms with Crippen molar-refractivity contribution in [2.75, 3.05) is 31.5 Å². The van der Waals surface area contributed by atoms with E-state index in [4.69, 9.17) is 0 Å².